The maximum atomic E-state index is 12.4. The molecule has 0 saturated heterocycles. The van der Waals surface area contributed by atoms with Crippen molar-refractivity contribution in [1.29, 1.82) is 0 Å². The van der Waals surface area contributed by atoms with Gasteiger partial charge in [-0.3, -0.25) is 4.79 Å². The summed E-state index contributed by atoms with van der Waals surface area (Å²) in [6, 6.07) is 11.9. The van der Waals surface area contributed by atoms with E-state index in [0.29, 0.717) is 15.8 Å². The number of alkyl halides is 2. The SMILES string of the molecule is COc1ccccc1CNC(=O)/C=C/c1cc(Br)ccc1OC(F)F. The monoisotopic (exact) mass is 411 g/mol. The van der Waals surface area contributed by atoms with E-state index in [0.717, 1.165) is 5.56 Å². The molecular formula is C18H16BrF2NO3. The summed E-state index contributed by atoms with van der Waals surface area (Å²) >= 11 is 3.26. The number of nitrogens with one attached hydrogen (secondary N) is 1. The van der Waals surface area contributed by atoms with Gasteiger partial charge in [0.25, 0.3) is 0 Å². The van der Waals surface area contributed by atoms with E-state index < -0.39 is 6.61 Å². The van der Waals surface area contributed by atoms with Gasteiger partial charge in [-0.05, 0) is 30.3 Å². The number of benzene rings is 2. The van der Waals surface area contributed by atoms with Gasteiger partial charge in [-0.15, -0.1) is 0 Å². The Hall–Kier alpha value is -2.41. The average molecular weight is 412 g/mol. The Balaban J connectivity index is 2.04. The molecule has 0 saturated carbocycles. The van der Waals surface area contributed by atoms with Gasteiger partial charge in [0, 0.05) is 28.2 Å². The smallest absolute Gasteiger partial charge is 0.387 e. The molecule has 2 rings (SSSR count). The van der Waals surface area contributed by atoms with Crippen molar-refractivity contribution in [1.82, 2.24) is 5.32 Å². The summed E-state index contributed by atoms with van der Waals surface area (Å²) in [6.45, 7) is -2.65. The Morgan fingerprint density at radius 3 is 2.72 bits per heavy atom. The van der Waals surface area contributed by atoms with Gasteiger partial charge >= 0.3 is 6.61 Å². The summed E-state index contributed by atoms with van der Waals surface area (Å²) in [5.74, 6) is 0.298. The van der Waals surface area contributed by atoms with E-state index in [2.05, 4.69) is 26.0 Å². The highest BCUT2D eigenvalue weighted by molar-refractivity contribution is 9.10. The molecular weight excluding hydrogens is 396 g/mol. The quantitative estimate of drug-likeness (QED) is 0.687. The highest BCUT2D eigenvalue weighted by Crippen LogP contribution is 2.26. The predicted octanol–water partition coefficient (Wildman–Crippen LogP) is 4.39. The molecule has 0 aliphatic carbocycles. The van der Waals surface area contributed by atoms with Crippen LogP contribution in [0.1, 0.15) is 11.1 Å². The van der Waals surface area contributed by atoms with Crippen molar-refractivity contribution in [2.24, 2.45) is 0 Å². The summed E-state index contributed by atoms with van der Waals surface area (Å²) < 4.78 is 35.2. The van der Waals surface area contributed by atoms with Gasteiger partial charge in [-0.1, -0.05) is 34.1 Å². The van der Waals surface area contributed by atoms with Crippen LogP contribution in [-0.2, 0) is 11.3 Å². The number of hydrogen-bond donors (Lipinski definition) is 1. The largest absolute Gasteiger partial charge is 0.496 e. The van der Waals surface area contributed by atoms with Crippen molar-refractivity contribution < 1.29 is 23.0 Å². The molecule has 0 atom stereocenters. The van der Waals surface area contributed by atoms with E-state index in [9.17, 15) is 13.6 Å². The number of para-hydroxylation sites is 1. The zero-order valence-corrected chi connectivity index (χ0v) is 14.9. The normalized spacial score (nSPS) is 10.9. The zero-order valence-electron chi connectivity index (χ0n) is 13.3. The molecule has 7 heteroatoms. The molecule has 0 unspecified atom stereocenters. The summed E-state index contributed by atoms with van der Waals surface area (Å²) in [5.41, 5.74) is 1.19. The number of carbonyl (C=O) groups excluding carboxylic acids is 1. The fourth-order valence-electron chi connectivity index (χ4n) is 2.11. The number of rotatable bonds is 7. The van der Waals surface area contributed by atoms with E-state index in [4.69, 9.17) is 4.74 Å². The van der Waals surface area contributed by atoms with E-state index in [1.807, 2.05) is 18.2 Å². The predicted molar refractivity (Wildman–Crippen MR) is 94.6 cm³/mol. The lowest BCUT2D eigenvalue weighted by Gasteiger charge is -2.09. The van der Waals surface area contributed by atoms with E-state index in [-0.39, 0.29) is 18.2 Å². The first-order chi connectivity index (χ1) is 12.0. The second-order valence-electron chi connectivity index (χ2n) is 4.92. The van der Waals surface area contributed by atoms with Crippen LogP contribution in [0.4, 0.5) is 8.78 Å². The Morgan fingerprint density at radius 1 is 1.24 bits per heavy atom. The van der Waals surface area contributed by atoms with Crippen molar-refractivity contribution in [3.8, 4) is 11.5 Å². The molecule has 0 aliphatic heterocycles. The lowest BCUT2D eigenvalue weighted by atomic mass is 10.2. The maximum absolute atomic E-state index is 12.4. The third-order valence-corrected chi connectivity index (χ3v) is 3.74. The molecule has 0 aromatic heterocycles. The Bertz CT molecular complexity index is 766. The van der Waals surface area contributed by atoms with Gasteiger partial charge in [0.1, 0.15) is 11.5 Å². The molecule has 2 aromatic rings. The Morgan fingerprint density at radius 2 is 2.00 bits per heavy atom. The molecule has 2 aromatic carbocycles. The van der Waals surface area contributed by atoms with Crippen molar-refractivity contribution in [2.45, 2.75) is 13.2 Å². The van der Waals surface area contributed by atoms with Crippen molar-refractivity contribution >= 4 is 27.9 Å². The first kappa shape index (κ1) is 18.9. The molecule has 0 radical (unpaired) electrons. The number of halogens is 3. The van der Waals surface area contributed by atoms with Crippen LogP contribution in [0, 0.1) is 0 Å². The third kappa shape index (κ3) is 5.86. The second-order valence-corrected chi connectivity index (χ2v) is 5.84. The van der Waals surface area contributed by atoms with Crippen LogP contribution >= 0.6 is 15.9 Å². The summed E-state index contributed by atoms with van der Waals surface area (Å²) in [6.07, 6.45) is 2.68. The van der Waals surface area contributed by atoms with E-state index in [1.54, 1.807) is 25.3 Å². The van der Waals surface area contributed by atoms with Gasteiger partial charge in [0.15, 0.2) is 0 Å². The minimum Gasteiger partial charge on any atom is -0.496 e. The Kier molecular flexibility index (Phi) is 6.94. The van der Waals surface area contributed by atoms with Crippen LogP contribution in [-0.4, -0.2) is 19.6 Å². The Labute approximate surface area is 152 Å². The molecule has 0 aliphatic rings. The molecule has 132 valence electrons. The van der Waals surface area contributed by atoms with Gasteiger partial charge in [-0.25, -0.2) is 0 Å². The lowest BCUT2D eigenvalue weighted by molar-refractivity contribution is -0.116. The standard InChI is InChI=1S/C18H16BrF2NO3/c1-24-15-5-3-2-4-13(15)11-22-17(23)9-6-12-10-14(19)7-8-16(12)25-18(20)21/h2-10,18H,11H2,1H3,(H,22,23)/b9-6+. The van der Waals surface area contributed by atoms with Crippen LogP contribution in [0.15, 0.2) is 53.0 Å². The minimum atomic E-state index is -2.94. The summed E-state index contributed by atoms with van der Waals surface area (Å²) in [4.78, 5) is 12.0. The molecule has 4 nitrogen and oxygen atoms in total. The van der Waals surface area contributed by atoms with Crippen molar-refractivity contribution in [3.63, 3.8) is 0 Å². The summed E-state index contributed by atoms with van der Waals surface area (Å²) in [7, 11) is 1.55. The van der Waals surface area contributed by atoms with Crippen LogP contribution in [0.5, 0.6) is 11.5 Å². The van der Waals surface area contributed by atoms with Gasteiger partial charge in [-0.2, -0.15) is 8.78 Å². The van der Waals surface area contributed by atoms with Crippen LogP contribution in [0.2, 0.25) is 0 Å². The fourth-order valence-corrected chi connectivity index (χ4v) is 2.49. The first-order valence-corrected chi connectivity index (χ1v) is 8.11. The fraction of sp³-hybridized carbons (Fsp3) is 0.167. The molecule has 0 bridgehead atoms. The molecule has 0 fully saturated rings. The molecule has 1 N–H and O–H groups in total. The number of hydrogen-bond acceptors (Lipinski definition) is 3. The van der Waals surface area contributed by atoms with Gasteiger partial charge < -0.3 is 14.8 Å². The average Bonchev–Trinajstić information content (AvgIpc) is 2.60. The lowest BCUT2D eigenvalue weighted by Crippen LogP contribution is -2.20. The van der Waals surface area contributed by atoms with Crippen LogP contribution < -0.4 is 14.8 Å². The number of ether oxygens (including phenoxy) is 2. The molecule has 0 heterocycles. The van der Waals surface area contributed by atoms with Crippen LogP contribution in [0.3, 0.4) is 0 Å². The highest BCUT2D eigenvalue weighted by atomic mass is 79.9. The molecule has 1 amide bonds. The first-order valence-electron chi connectivity index (χ1n) is 7.31. The zero-order chi connectivity index (χ0) is 18.2. The summed E-state index contributed by atoms with van der Waals surface area (Å²) in [5, 5.41) is 2.71. The van der Waals surface area contributed by atoms with Crippen LogP contribution in [0.25, 0.3) is 6.08 Å². The topological polar surface area (TPSA) is 47.6 Å². The van der Waals surface area contributed by atoms with Crippen molar-refractivity contribution in [2.75, 3.05) is 7.11 Å². The van der Waals surface area contributed by atoms with Gasteiger partial charge in [0.2, 0.25) is 5.91 Å². The molecule has 25 heavy (non-hydrogen) atoms. The second kappa shape index (κ2) is 9.17. The number of amides is 1. The van der Waals surface area contributed by atoms with Gasteiger partial charge in [0.05, 0.1) is 7.11 Å². The minimum absolute atomic E-state index is 0.00743. The number of carbonyl (C=O) groups is 1. The third-order valence-electron chi connectivity index (χ3n) is 3.25. The maximum Gasteiger partial charge on any atom is 0.387 e. The number of methoxy groups -OCH3 is 1. The van der Waals surface area contributed by atoms with E-state index >= 15 is 0 Å². The van der Waals surface area contributed by atoms with E-state index in [1.165, 1.54) is 18.2 Å². The molecule has 0 spiro atoms. The van der Waals surface area contributed by atoms with Crippen molar-refractivity contribution in [3.05, 3.63) is 64.1 Å². The highest BCUT2D eigenvalue weighted by Gasteiger charge is 2.09.